The van der Waals surface area contributed by atoms with E-state index in [2.05, 4.69) is 35.9 Å². The van der Waals surface area contributed by atoms with Gasteiger partial charge >= 0.3 is 5.97 Å². The van der Waals surface area contributed by atoms with Crippen LogP contribution in [0.3, 0.4) is 0 Å². The molecule has 1 aromatic heterocycles. The number of aliphatic carboxylic acids is 1. The van der Waals surface area contributed by atoms with Gasteiger partial charge in [0, 0.05) is 6.42 Å². The van der Waals surface area contributed by atoms with Gasteiger partial charge in [-0.1, -0.05) is 19.9 Å². The zero-order chi connectivity index (χ0) is 12.4. The van der Waals surface area contributed by atoms with Crippen LogP contribution in [0.1, 0.15) is 37.6 Å². The number of carboxylic acid groups (broad SMARTS) is 1. The van der Waals surface area contributed by atoms with Crippen LogP contribution in [0.15, 0.2) is 18.2 Å². The van der Waals surface area contributed by atoms with Gasteiger partial charge in [0.25, 0.3) is 0 Å². The molecular weight excluding hydrogens is 216 g/mol. The Morgan fingerprint density at radius 3 is 2.88 bits per heavy atom. The molecule has 0 bridgehead atoms. The van der Waals surface area contributed by atoms with Crippen molar-refractivity contribution in [1.82, 2.24) is 9.97 Å². The van der Waals surface area contributed by atoms with Gasteiger partial charge < -0.3 is 10.1 Å². The maximum absolute atomic E-state index is 10.5. The minimum absolute atomic E-state index is 0.108. The highest BCUT2D eigenvalue weighted by Crippen LogP contribution is 2.20. The van der Waals surface area contributed by atoms with Crippen molar-refractivity contribution >= 4 is 17.0 Å². The molecule has 2 aromatic rings. The van der Waals surface area contributed by atoms with Crippen LogP contribution in [0.25, 0.3) is 11.0 Å². The Hall–Kier alpha value is -1.84. The summed E-state index contributed by atoms with van der Waals surface area (Å²) in [7, 11) is 0. The summed E-state index contributed by atoms with van der Waals surface area (Å²) in [5.41, 5.74) is 3.14. The Balaban J connectivity index is 2.27. The second-order valence-electron chi connectivity index (χ2n) is 4.51. The van der Waals surface area contributed by atoms with Crippen molar-refractivity contribution in [2.45, 2.75) is 32.6 Å². The Labute approximate surface area is 99.7 Å². The number of carboxylic acids is 1. The van der Waals surface area contributed by atoms with Crippen LogP contribution in [0.5, 0.6) is 0 Å². The van der Waals surface area contributed by atoms with Gasteiger partial charge in [0.15, 0.2) is 0 Å². The van der Waals surface area contributed by atoms with E-state index in [1.807, 2.05) is 6.07 Å². The first-order valence-electron chi connectivity index (χ1n) is 5.76. The fraction of sp³-hybridized carbons (Fsp3) is 0.385. The molecule has 2 N–H and O–H groups in total. The van der Waals surface area contributed by atoms with Crippen molar-refractivity contribution in [3.8, 4) is 0 Å². The maximum Gasteiger partial charge on any atom is 0.303 e. The van der Waals surface area contributed by atoms with Crippen molar-refractivity contribution in [1.29, 1.82) is 0 Å². The number of hydrogen-bond donors (Lipinski definition) is 2. The summed E-state index contributed by atoms with van der Waals surface area (Å²) in [6.45, 7) is 4.28. The number of aryl methyl sites for hydroxylation is 1. The topological polar surface area (TPSA) is 66.0 Å². The van der Waals surface area contributed by atoms with Crippen molar-refractivity contribution < 1.29 is 9.90 Å². The van der Waals surface area contributed by atoms with Crippen LogP contribution in [-0.4, -0.2) is 21.0 Å². The van der Waals surface area contributed by atoms with E-state index in [9.17, 15) is 4.79 Å². The van der Waals surface area contributed by atoms with E-state index in [4.69, 9.17) is 5.11 Å². The smallest absolute Gasteiger partial charge is 0.303 e. The SMILES string of the molecule is CC(C)c1ccc2nc(CCC(=O)O)[nH]c2c1. The quantitative estimate of drug-likeness (QED) is 0.851. The minimum atomic E-state index is -0.798. The minimum Gasteiger partial charge on any atom is -0.481 e. The molecule has 0 aliphatic rings. The number of nitrogens with one attached hydrogen (secondary N) is 1. The molecule has 0 atom stereocenters. The van der Waals surface area contributed by atoms with Gasteiger partial charge in [-0.2, -0.15) is 0 Å². The fourth-order valence-corrected chi connectivity index (χ4v) is 1.78. The van der Waals surface area contributed by atoms with Crippen molar-refractivity contribution in [3.63, 3.8) is 0 Å². The van der Waals surface area contributed by atoms with E-state index in [1.165, 1.54) is 5.56 Å². The molecule has 1 heterocycles. The number of benzene rings is 1. The van der Waals surface area contributed by atoms with Crippen LogP contribution in [0.2, 0.25) is 0 Å². The lowest BCUT2D eigenvalue weighted by molar-refractivity contribution is -0.137. The molecule has 0 aliphatic carbocycles. The lowest BCUT2D eigenvalue weighted by atomic mass is 10.0. The average molecular weight is 232 g/mol. The first kappa shape index (κ1) is 11.6. The summed E-state index contributed by atoms with van der Waals surface area (Å²) in [5, 5.41) is 8.62. The zero-order valence-corrected chi connectivity index (χ0v) is 10.0. The monoisotopic (exact) mass is 232 g/mol. The van der Waals surface area contributed by atoms with Gasteiger partial charge in [-0.25, -0.2) is 4.98 Å². The summed E-state index contributed by atoms with van der Waals surface area (Å²) in [4.78, 5) is 18.0. The van der Waals surface area contributed by atoms with Gasteiger partial charge in [-0.15, -0.1) is 0 Å². The highest BCUT2D eigenvalue weighted by atomic mass is 16.4. The molecule has 0 aliphatic heterocycles. The molecule has 0 fully saturated rings. The lowest BCUT2D eigenvalue weighted by Gasteiger charge is -2.03. The van der Waals surface area contributed by atoms with Crippen LogP contribution >= 0.6 is 0 Å². The number of H-pyrrole nitrogens is 1. The summed E-state index contributed by atoms with van der Waals surface area (Å²) >= 11 is 0. The molecule has 0 unspecified atom stereocenters. The van der Waals surface area contributed by atoms with Crippen LogP contribution in [0, 0.1) is 0 Å². The summed E-state index contributed by atoms with van der Waals surface area (Å²) < 4.78 is 0. The Morgan fingerprint density at radius 1 is 1.47 bits per heavy atom. The number of aromatic nitrogens is 2. The highest BCUT2D eigenvalue weighted by molar-refractivity contribution is 5.76. The van der Waals surface area contributed by atoms with E-state index in [-0.39, 0.29) is 6.42 Å². The van der Waals surface area contributed by atoms with E-state index in [0.717, 1.165) is 16.9 Å². The molecule has 0 amide bonds. The van der Waals surface area contributed by atoms with E-state index in [0.29, 0.717) is 12.3 Å². The molecule has 0 radical (unpaired) electrons. The van der Waals surface area contributed by atoms with Crippen LogP contribution in [0.4, 0.5) is 0 Å². The zero-order valence-electron chi connectivity index (χ0n) is 10.0. The summed E-state index contributed by atoms with van der Waals surface area (Å²) in [5.74, 6) is 0.418. The standard InChI is InChI=1S/C13H16N2O2/c1-8(2)9-3-4-10-11(7-9)15-12(14-10)5-6-13(16)17/h3-4,7-8H,5-6H2,1-2H3,(H,14,15)(H,16,17). The van der Waals surface area contributed by atoms with Crippen LogP contribution < -0.4 is 0 Å². The molecule has 90 valence electrons. The molecule has 0 saturated carbocycles. The number of hydrogen-bond acceptors (Lipinski definition) is 2. The van der Waals surface area contributed by atoms with Crippen molar-refractivity contribution in [2.75, 3.05) is 0 Å². The maximum atomic E-state index is 10.5. The summed E-state index contributed by atoms with van der Waals surface area (Å²) in [6.07, 6.45) is 0.553. The normalized spacial score (nSPS) is 11.2. The number of nitrogens with zero attached hydrogens (tertiary/aromatic N) is 1. The Bertz CT molecular complexity index is 543. The molecule has 0 saturated heterocycles. The third-order valence-corrected chi connectivity index (χ3v) is 2.80. The lowest BCUT2D eigenvalue weighted by Crippen LogP contribution is -1.98. The van der Waals surface area contributed by atoms with Gasteiger partial charge in [-0.3, -0.25) is 4.79 Å². The third kappa shape index (κ3) is 2.64. The molecule has 0 spiro atoms. The van der Waals surface area contributed by atoms with Crippen molar-refractivity contribution in [2.24, 2.45) is 0 Å². The molecule has 4 nitrogen and oxygen atoms in total. The molecule has 4 heteroatoms. The van der Waals surface area contributed by atoms with E-state index < -0.39 is 5.97 Å². The second kappa shape index (κ2) is 4.57. The first-order chi connectivity index (χ1) is 8.06. The van der Waals surface area contributed by atoms with Gasteiger partial charge in [-0.05, 0) is 23.6 Å². The van der Waals surface area contributed by atoms with Gasteiger partial charge in [0.05, 0.1) is 17.5 Å². The fourth-order valence-electron chi connectivity index (χ4n) is 1.78. The van der Waals surface area contributed by atoms with Gasteiger partial charge in [0.2, 0.25) is 0 Å². The van der Waals surface area contributed by atoms with Gasteiger partial charge in [0.1, 0.15) is 5.82 Å². The Kier molecular flexibility index (Phi) is 3.13. The molecule has 17 heavy (non-hydrogen) atoms. The van der Waals surface area contributed by atoms with E-state index in [1.54, 1.807) is 0 Å². The van der Waals surface area contributed by atoms with Crippen molar-refractivity contribution in [3.05, 3.63) is 29.6 Å². The number of imidazole rings is 1. The Morgan fingerprint density at radius 2 is 2.24 bits per heavy atom. The largest absolute Gasteiger partial charge is 0.481 e. The average Bonchev–Trinajstić information content (AvgIpc) is 2.67. The number of rotatable bonds is 4. The highest BCUT2D eigenvalue weighted by Gasteiger charge is 2.07. The molecule has 1 aromatic carbocycles. The first-order valence-corrected chi connectivity index (χ1v) is 5.76. The van der Waals surface area contributed by atoms with E-state index >= 15 is 0 Å². The second-order valence-corrected chi connectivity index (χ2v) is 4.51. The predicted molar refractivity (Wildman–Crippen MR) is 66.1 cm³/mol. The predicted octanol–water partition coefficient (Wildman–Crippen LogP) is 2.70. The molecule has 2 rings (SSSR count). The number of aromatic amines is 1. The number of fused-ring (bicyclic) bond motifs is 1. The summed E-state index contributed by atoms with van der Waals surface area (Å²) in [6, 6.07) is 6.12. The number of carbonyl (C=O) groups is 1. The molecular formula is C13H16N2O2. The van der Waals surface area contributed by atoms with Crippen LogP contribution in [-0.2, 0) is 11.2 Å². The third-order valence-electron chi connectivity index (χ3n) is 2.80.